The Morgan fingerprint density at radius 2 is 2.08 bits per heavy atom. The largest absolute Gasteiger partial charge is 0.126 e. The number of fused-ring (bicyclic) bond motifs is 2. The number of hydrogen-bond donors (Lipinski definition) is 0. The second-order valence-electron chi connectivity index (χ2n) is 4.52. The lowest BCUT2D eigenvalue weighted by Crippen LogP contribution is -2.24. The topological polar surface area (TPSA) is 0 Å². The van der Waals surface area contributed by atoms with E-state index in [1.54, 1.807) is 0 Å². The van der Waals surface area contributed by atoms with Crippen molar-refractivity contribution in [2.24, 2.45) is 23.7 Å². The van der Waals surface area contributed by atoms with Gasteiger partial charge in [0, 0.05) is 5.88 Å². The number of hydrogen-bond acceptors (Lipinski definition) is 0. The summed E-state index contributed by atoms with van der Waals surface area (Å²) in [6.07, 6.45) is 4.27. The average Bonchev–Trinajstić information content (AvgIpc) is 2.60. The van der Waals surface area contributed by atoms with Crippen LogP contribution in [0.1, 0.15) is 26.2 Å². The molecule has 0 aliphatic heterocycles. The minimum Gasteiger partial charge on any atom is -0.126 e. The van der Waals surface area contributed by atoms with Crippen LogP contribution >= 0.6 is 11.6 Å². The predicted octanol–water partition coefficient (Wildman–Crippen LogP) is 3.46. The van der Waals surface area contributed by atoms with Gasteiger partial charge in [0.05, 0.1) is 0 Å². The molecule has 0 heterocycles. The van der Waals surface area contributed by atoms with Gasteiger partial charge in [-0.05, 0) is 49.9 Å². The van der Waals surface area contributed by atoms with Gasteiger partial charge < -0.3 is 0 Å². The lowest BCUT2D eigenvalue weighted by atomic mass is 9.77. The molecule has 2 rings (SSSR count). The van der Waals surface area contributed by atoms with Gasteiger partial charge in [-0.25, -0.2) is 0 Å². The van der Waals surface area contributed by atoms with E-state index in [0.29, 0.717) is 0 Å². The smallest absolute Gasteiger partial charge is 0.0260 e. The highest BCUT2D eigenvalue weighted by atomic mass is 35.5. The molecule has 2 bridgehead atoms. The normalized spacial score (nSPS) is 45.2. The molecule has 2 aliphatic carbocycles. The summed E-state index contributed by atoms with van der Waals surface area (Å²) in [6, 6.07) is 0. The third kappa shape index (κ3) is 1.12. The molecule has 12 heavy (non-hydrogen) atoms. The Labute approximate surface area is 80.0 Å². The van der Waals surface area contributed by atoms with Gasteiger partial charge in [-0.15, -0.1) is 11.6 Å². The maximum Gasteiger partial charge on any atom is 0.0260 e. The van der Waals surface area contributed by atoms with Crippen LogP contribution in [0.15, 0.2) is 12.2 Å². The molecule has 2 fully saturated rings. The molecule has 2 aliphatic rings. The Hall–Kier alpha value is 0.0300. The molecule has 0 N–H and O–H groups in total. The van der Waals surface area contributed by atoms with Crippen molar-refractivity contribution in [3.8, 4) is 0 Å². The van der Waals surface area contributed by atoms with Crippen molar-refractivity contribution in [2.75, 3.05) is 5.88 Å². The molecule has 0 nitrogen and oxygen atoms in total. The first-order valence-electron chi connectivity index (χ1n) is 4.95. The number of allylic oxidation sites excluding steroid dienone is 1. The zero-order valence-corrected chi connectivity index (χ0v) is 8.48. The summed E-state index contributed by atoms with van der Waals surface area (Å²) in [5, 5.41) is 0. The SMILES string of the molecule is C=C(C)C1C2CCC(C2)C1CCl. The van der Waals surface area contributed by atoms with E-state index < -0.39 is 0 Å². The van der Waals surface area contributed by atoms with Gasteiger partial charge in [0.1, 0.15) is 0 Å². The fraction of sp³-hybridized carbons (Fsp3) is 0.818. The molecule has 4 atom stereocenters. The first-order valence-corrected chi connectivity index (χ1v) is 5.49. The monoisotopic (exact) mass is 184 g/mol. The van der Waals surface area contributed by atoms with Crippen LogP contribution < -0.4 is 0 Å². The van der Waals surface area contributed by atoms with Crippen LogP contribution in [0.3, 0.4) is 0 Å². The molecule has 0 saturated heterocycles. The van der Waals surface area contributed by atoms with Crippen molar-refractivity contribution in [3.05, 3.63) is 12.2 Å². The van der Waals surface area contributed by atoms with E-state index in [-0.39, 0.29) is 0 Å². The van der Waals surface area contributed by atoms with Crippen LogP contribution in [0.5, 0.6) is 0 Å². The highest BCUT2D eigenvalue weighted by Crippen LogP contribution is 2.54. The summed E-state index contributed by atoms with van der Waals surface area (Å²) in [6.45, 7) is 6.27. The van der Waals surface area contributed by atoms with E-state index in [2.05, 4.69) is 13.5 Å². The number of alkyl halides is 1. The molecule has 0 radical (unpaired) electrons. The summed E-state index contributed by atoms with van der Waals surface area (Å²) < 4.78 is 0. The second-order valence-corrected chi connectivity index (χ2v) is 4.83. The van der Waals surface area contributed by atoms with E-state index in [1.807, 2.05) is 0 Å². The molecule has 0 spiro atoms. The third-order valence-corrected chi connectivity index (χ3v) is 4.19. The summed E-state index contributed by atoms with van der Waals surface area (Å²) in [4.78, 5) is 0. The van der Waals surface area contributed by atoms with Gasteiger partial charge >= 0.3 is 0 Å². The molecule has 0 aromatic carbocycles. The van der Waals surface area contributed by atoms with E-state index in [0.717, 1.165) is 29.6 Å². The van der Waals surface area contributed by atoms with Crippen molar-refractivity contribution in [2.45, 2.75) is 26.2 Å². The number of halogens is 1. The highest BCUT2D eigenvalue weighted by molar-refractivity contribution is 6.18. The molecule has 2 saturated carbocycles. The van der Waals surface area contributed by atoms with Crippen LogP contribution in [0.2, 0.25) is 0 Å². The fourth-order valence-electron chi connectivity index (χ4n) is 3.40. The Morgan fingerprint density at radius 3 is 2.58 bits per heavy atom. The molecule has 0 amide bonds. The third-order valence-electron chi connectivity index (χ3n) is 3.84. The predicted molar refractivity (Wildman–Crippen MR) is 53.3 cm³/mol. The summed E-state index contributed by atoms with van der Waals surface area (Å²) in [7, 11) is 0. The van der Waals surface area contributed by atoms with E-state index in [4.69, 9.17) is 11.6 Å². The minimum absolute atomic E-state index is 0.751. The first-order chi connectivity index (χ1) is 5.74. The summed E-state index contributed by atoms with van der Waals surface area (Å²) >= 11 is 6.00. The first kappa shape index (κ1) is 8.62. The molecular weight excluding hydrogens is 168 g/mol. The van der Waals surface area contributed by atoms with Crippen molar-refractivity contribution >= 4 is 11.6 Å². The van der Waals surface area contributed by atoms with Crippen LogP contribution in [-0.4, -0.2) is 5.88 Å². The standard InChI is InChI=1S/C11H17Cl/c1-7(2)11-9-4-3-8(5-9)10(11)6-12/h8-11H,1,3-6H2,2H3. The maximum absolute atomic E-state index is 6.00. The van der Waals surface area contributed by atoms with Crippen LogP contribution in [0, 0.1) is 23.7 Å². The fourth-order valence-corrected chi connectivity index (χ4v) is 3.84. The van der Waals surface area contributed by atoms with Crippen molar-refractivity contribution in [1.29, 1.82) is 0 Å². The van der Waals surface area contributed by atoms with Gasteiger partial charge in [0.15, 0.2) is 0 Å². The van der Waals surface area contributed by atoms with Crippen molar-refractivity contribution in [3.63, 3.8) is 0 Å². The Bertz CT molecular complexity index is 197. The van der Waals surface area contributed by atoms with Gasteiger partial charge in [0.2, 0.25) is 0 Å². The van der Waals surface area contributed by atoms with Crippen LogP contribution in [-0.2, 0) is 0 Å². The quantitative estimate of drug-likeness (QED) is 0.456. The van der Waals surface area contributed by atoms with Gasteiger partial charge in [-0.1, -0.05) is 12.2 Å². The zero-order valence-electron chi connectivity index (χ0n) is 7.72. The Morgan fingerprint density at radius 1 is 1.42 bits per heavy atom. The second kappa shape index (κ2) is 3.06. The maximum atomic E-state index is 6.00. The van der Waals surface area contributed by atoms with Gasteiger partial charge in [0.25, 0.3) is 0 Å². The summed E-state index contributed by atoms with van der Waals surface area (Å²) in [5.74, 6) is 4.20. The average molecular weight is 185 g/mol. The highest BCUT2D eigenvalue weighted by Gasteiger charge is 2.46. The number of rotatable bonds is 2. The molecule has 68 valence electrons. The van der Waals surface area contributed by atoms with Crippen LogP contribution in [0.25, 0.3) is 0 Å². The van der Waals surface area contributed by atoms with Crippen molar-refractivity contribution in [1.82, 2.24) is 0 Å². The van der Waals surface area contributed by atoms with E-state index in [9.17, 15) is 0 Å². The van der Waals surface area contributed by atoms with Crippen LogP contribution in [0.4, 0.5) is 0 Å². The lowest BCUT2D eigenvalue weighted by Gasteiger charge is -2.29. The van der Waals surface area contributed by atoms with Gasteiger partial charge in [-0.3, -0.25) is 0 Å². The molecular formula is C11H17Cl. The summed E-state index contributed by atoms with van der Waals surface area (Å²) in [5.41, 5.74) is 1.37. The van der Waals surface area contributed by atoms with Crippen molar-refractivity contribution < 1.29 is 0 Å². The molecule has 0 aromatic heterocycles. The zero-order chi connectivity index (χ0) is 8.72. The van der Waals surface area contributed by atoms with E-state index in [1.165, 1.54) is 24.8 Å². The molecule has 1 heteroatoms. The minimum atomic E-state index is 0.751. The molecule has 4 unspecified atom stereocenters. The lowest BCUT2D eigenvalue weighted by molar-refractivity contribution is 0.279. The van der Waals surface area contributed by atoms with E-state index >= 15 is 0 Å². The Kier molecular flexibility index (Phi) is 2.20. The Balaban J connectivity index is 2.16. The molecule has 0 aromatic rings. The van der Waals surface area contributed by atoms with Gasteiger partial charge in [-0.2, -0.15) is 0 Å².